The third-order valence-corrected chi connectivity index (χ3v) is 5.34. The Balaban J connectivity index is 1.71. The topological polar surface area (TPSA) is 75.2 Å². The highest BCUT2D eigenvalue weighted by atomic mass is 32.1. The van der Waals surface area contributed by atoms with Crippen LogP contribution in [0.15, 0.2) is 29.9 Å². The Morgan fingerprint density at radius 1 is 1.50 bits per heavy atom. The molecule has 2 aromatic heterocycles. The van der Waals surface area contributed by atoms with Gasteiger partial charge in [0, 0.05) is 31.2 Å². The van der Waals surface area contributed by atoms with E-state index in [1.54, 1.807) is 35.7 Å². The van der Waals surface area contributed by atoms with E-state index in [9.17, 15) is 9.59 Å². The molecule has 0 aromatic carbocycles. The van der Waals surface area contributed by atoms with Gasteiger partial charge in [-0.25, -0.2) is 4.98 Å². The fourth-order valence-corrected chi connectivity index (χ4v) is 3.76. The van der Waals surface area contributed by atoms with Gasteiger partial charge in [0.25, 0.3) is 0 Å². The lowest BCUT2D eigenvalue weighted by atomic mass is 9.94. The molecule has 2 atom stereocenters. The highest BCUT2D eigenvalue weighted by molar-refractivity contribution is 7.09. The molecule has 0 radical (unpaired) electrons. The molecule has 0 aliphatic carbocycles. The average Bonchev–Trinajstić information content (AvgIpc) is 3.18. The molecule has 0 bridgehead atoms. The molecule has 3 heterocycles. The zero-order chi connectivity index (χ0) is 17.1. The van der Waals surface area contributed by atoms with E-state index in [1.807, 2.05) is 17.5 Å². The average molecular weight is 344 g/mol. The van der Waals surface area contributed by atoms with Crippen molar-refractivity contribution in [3.05, 3.63) is 46.2 Å². The first-order valence-corrected chi connectivity index (χ1v) is 8.84. The van der Waals surface area contributed by atoms with Crippen molar-refractivity contribution in [3.63, 3.8) is 0 Å². The molecular formula is C17H20N4O2S. The van der Waals surface area contributed by atoms with Gasteiger partial charge in [0.1, 0.15) is 0 Å². The number of pyridine rings is 1. The van der Waals surface area contributed by atoms with Crippen LogP contribution in [0.1, 0.15) is 35.7 Å². The molecule has 1 aliphatic heterocycles. The van der Waals surface area contributed by atoms with Gasteiger partial charge in [0.15, 0.2) is 0 Å². The second-order valence-electron chi connectivity index (χ2n) is 5.85. The third kappa shape index (κ3) is 3.31. The number of aromatic nitrogens is 2. The number of carbonyl (C=O) groups is 2. The summed E-state index contributed by atoms with van der Waals surface area (Å²) in [6.45, 7) is 2.45. The van der Waals surface area contributed by atoms with Gasteiger partial charge in [-0.1, -0.05) is 13.0 Å². The molecule has 2 amide bonds. The van der Waals surface area contributed by atoms with Crippen LogP contribution < -0.4 is 5.32 Å². The zero-order valence-electron chi connectivity index (χ0n) is 13.7. The standard InChI is InChI=1S/C17H20N4O2S/c1-3-14-20-12(10-24-14)9-19-17(23)13-7-15(22)21(2)16(13)11-5-4-6-18-8-11/h4-6,8,10,13,16H,3,7,9H2,1-2H3,(H,19,23). The third-order valence-electron chi connectivity index (χ3n) is 4.29. The fraction of sp³-hybridized carbons (Fsp3) is 0.412. The van der Waals surface area contributed by atoms with Crippen LogP contribution in [0.5, 0.6) is 0 Å². The predicted molar refractivity (Wildman–Crippen MR) is 91.2 cm³/mol. The Morgan fingerprint density at radius 2 is 2.33 bits per heavy atom. The molecule has 0 spiro atoms. The summed E-state index contributed by atoms with van der Waals surface area (Å²) >= 11 is 1.60. The van der Waals surface area contributed by atoms with E-state index >= 15 is 0 Å². The van der Waals surface area contributed by atoms with Gasteiger partial charge in [-0.3, -0.25) is 14.6 Å². The van der Waals surface area contributed by atoms with Crippen LogP contribution in [0.3, 0.4) is 0 Å². The van der Waals surface area contributed by atoms with Crippen molar-refractivity contribution in [2.24, 2.45) is 5.92 Å². The number of carbonyl (C=O) groups excluding carboxylic acids is 2. The number of amides is 2. The van der Waals surface area contributed by atoms with Gasteiger partial charge in [-0.15, -0.1) is 11.3 Å². The Kier molecular flexibility index (Phi) is 4.89. The minimum absolute atomic E-state index is 0.0223. The van der Waals surface area contributed by atoms with Gasteiger partial charge in [0.05, 0.1) is 29.2 Å². The lowest BCUT2D eigenvalue weighted by Gasteiger charge is -2.24. The molecule has 2 aromatic rings. The van der Waals surface area contributed by atoms with Crippen molar-refractivity contribution >= 4 is 23.2 Å². The van der Waals surface area contributed by atoms with E-state index in [2.05, 4.69) is 22.2 Å². The first-order valence-electron chi connectivity index (χ1n) is 7.96. The van der Waals surface area contributed by atoms with Crippen LogP contribution in [0.4, 0.5) is 0 Å². The van der Waals surface area contributed by atoms with Crippen LogP contribution in [0, 0.1) is 5.92 Å². The summed E-state index contributed by atoms with van der Waals surface area (Å²) in [5.41, 5.74) is 1.74. The monoisotopic (exact) mass is 344 g/mol. The molecule has 1 aliphatic rings. The highest BCUT2D eigenvalue weighted by Gasteiger charge is 2.42. The predicted octanol–water partition coefficient (Wildman–Crippen LogP) is 1.94. The summed E-state index contributed by atoms with van der Waals surface area (Å²) < 4.78 is 0. The normalized spacial score (nSPS) is 20.4. The molecule has 0 saturated carbocycles. The maximum atomic E-state index is 12.6. The van der Waals surface area contributed by atoms with E-state index in [4.69, 9.17) is 0 Å². The second-order valence-corrected chi connectivity index (χ2v) is 6.79. The lowest BCUT2D eigenvalue weighted by molar-refractivity contribution is -0.128. The van der Waals surface area contributed by atoms with Gasteiger partial charge in [-0.2, -0.15) is 0 Å². The quantitative estimate of drug-likeness (QED) is 0.899. The summed E-state index contributed by atoms with van der Waals surface area (Å²) in [6, 6.07) is 3.46. The maximum Gasteiger partial charge on any atom is 0.226 e. The van der Waals surface area contributed by atoms with Crippen molar-refractivity contribution in [2.45, 2.75) is 32.4 Å². The Hall–Kier alpha value is -2.28. The number of thiazole rings is 1. The molecular weight excluding hydrogens is 324 g/mol. The fourth-order valence-electron chi connectivity index (χ4n) is 3.01. The molecule has 24 heavy (non-hydrogen) atoms. The number of likely N-dealkylation sites (tertiary alicyclic amines) is 1. The summed E-state index contributed by atoms with van der Waals surface area (Å²) in [6.07, 6.45) is 4.51. The molecule has 1 N–H and O–H groups in total. The van der Waals surface area contributed by atoms with Crippen molar-refractivity contribution in [1.29, 1.82) is 0 Å². The zero-order valence-corrected chi connectivity index (χ0v) is 14.5. The van der Waals surface area contributed by atoms with Gasteiger partial charge in [0.2, 0.25) is 11.8 Å². The van der Waals surface area contributed by atoms with E-state index in [0.717, 1.165) is 22.7 Å². The van der Waals surface area contributed by atoms with Crippen LogP contribution in [0.25, 0.3) is 0 Å². The number of hydrogen-bond acceptors (Lipinski definition) is 5. The van der Waals surface area contributed by atoms with E-state index in [0.29, 0.717) is 6.54 Å². The summed E-state index contributed by atoms with van der Waals surface area (Å²) in [4.78, 5) is 34.9. The van der Waals surface area contributed by atoms with Crippen molar-refractivity contribution in [1.82, 2.24) is 20.2 Å². The van der Waals surface area contributed by atoms with E-state index < -0.39 is 5.92 Å². The first-order chi connectivity index (χ1) is 11.6. The summed E-state index contributed by atoms with van der Waals surface area (Å²) in [7, 11) is 1.74. The SMILES string of the molecule is CCc1nc(CNC(=O)C2CC(=O)N(C)C2c2cccnc2)cs1. The Labute approximate surface area is 144 Å². The van der Waals surface area contributed by atoms with Crippen molar-refractivity contribution in [3.8, 4) is 0 Å². The summed E-state index contributed by atoms with van der Waals surface area (Å²) in [5.74, 6) is -0.547. The van der Waals surface area contributed by atoms with Crippen molar-refractivity contribution in [2.75, 3.05) is 7.05 Å². The first kappa shape index (κ1) is 16.6. The maximum absolute atomic E-state index is 12.6. The number of nitrogens with one attached hydrogen (secondary N) is 1. The Bertz CT molecular complexity index is 731. The van der Waals surface area contributed by atoms with Crippen LogP contribution in [0.2, 0.25) is 0 Å². The lowest BCUT2D eigenvalue weighted by Crippen LogP contribution is -2.34. The number of rotatable bonds is 5. The van der Waals surface area contributed by atoms with E-state index in [-0.39, 0.29) is 24.3 Å². The van der Waals surface area contributed by atoms with Crippen LogP contribution in [-0.4, -0.2) is 33.7 Å². The molecule has 3 rings (SSSR count). The second kappa shape index (κ2) is 7.09. The largest absolute Gasteiger partial charge is 0.350 e. The van der Waals surface area contributed by atoms with E-state index in [1.165, 1.54) is 0 Å². The molecule has 126 valence electrons. The molecule has 1 fully saturated rings. The molecule has 7 heteroatoms. The summed E-state index contributed by atoms with van der Waals surface area (Å²) in [5, 5.41) is 5.95. The van der Waals surface area contributed by atoms with Crippen molar-refractivity contribution < 1.29 is 9.59 Å². The van der Waals surface area contributed by atoms with Gasteiger partial charge >= 0.3 is 0 Å². The molecule has 1 saturated heterocycles. The van der Waals surface area contributed by atoms with Gasteiger partial charge < -0.3 is 10.2 Å². The van der Waals surface area contributed by atoms with Crippen LogP contribution in [-0.2, 0) is 22.6 Å². The smallest absolute Gasteiger partial charge is 0.226 e. The van der Waals surface area contributed by atoms with Gasteiger partial charge in [-0.05, 0) is 18.1 Å². The Morgan fingerprint density at radius 3 is 3.00 bits per heavy atom. The molecule has 6 nitrogen and oxygen atoms in total. The number of aryl methyl sites for hydroxylation is 1. The minimum Gasteiger partial charge on any atom is -0.350 e. The molecule has 2 unspecified atom stereocenters. The minimum atomic E-state index is -0.406. The van der Waals surface area contributed by atoms with Crippen LogP contribution >= 0.6 is 11.3 Å². The highest BCUT2D eigenvalue weighted by Crippen LogP contribution is 2.36. The number of nitrogens with zero attached hydrogens (tertiary/aromatic N) is 3. The number of hydrogen-bond donors (Lipinski definition) is 1.